The monoisotopic (exact) mass is 379 g/mol. The largest absolute Gasteiger partial charge is 0.452 e. The quantitative estimate of drug-likeness (QED) is 0.591. The first-order valence-corrected chi connectivity index (χ1v) is 8.13. The highest BCUT2D eigenvalue weighted by molar-refractivity contribution is 6.30. The van der Waals surface area contributed by atoms with Crippen molar-refractivity contribution in [2.45, 2.75) is 6.42 Å². The predicted molar refractivity (Wildman–Crippen MR) is 94.5 cm³/mol. The lowest BCUT2D eigenvalue weighted by Gasteiger charge is -2.06. The average Bonchev–Trinajstić information content (AvgIpc) is 2.62. The molecule has 0 heterocycles. The van der Waals surface area contributed by atoms with Gasteiger partial charge in [-0.2, -0.15) is 0 Å². The van der Waals surface area contributed by atoms with Gasteiger partial charge in [-0.3, -0.25) is 4.79 Å². The molecule has 2 aromatic carbocycles. The molecule has 0 radical (unpaired) electrons. The fourth-order valence-electron chi connectivity index (χ4n) is 2.05. The maximum atomic E-state index is 13.4. The van der Waals surface area contributed by atoms with Crippen LogP contribution in [0.2, 0.25) is 5.02 Å². The average molecular weight is 380 g/mol. The molecule has 4 nitrogen and oxygen atoms in total. The third-order valence-electron chi connectivity index (χ3n) is 3.38. The number of rotatable bonds is 7. The molecule has 0 bridgehead atoms. The van der Waals surface area contributed by atoms with Gasteiger partial charge in [0.25, 0.3) is 5.91 Å². The lowest BCUT2D eigenvalue weighted by Crippen LogP contribution is -2.30. The van der Waals surface area contributed by atoms with E-state index in [1.165, 1.54) is 30.3 Å². The number of carbonyl (C=O) groups is 2. The Morgan fingerprint density at radius 1 is 1.12 bits per heavy atom. The summed E-state index contributed by atoms with van der Waals surface area (Å²) in [6.45, 7) is -0.230. The van der Waals surface area contributed by atoms with Crippen molar-refractivity contribution >= 4 is 29.6 Å². The van der Waals surface area contributed by atoms with Gasteiger partial charge < -0.3 is 10.1 Å². The summed E-state index contributed by atoms with van der Waals surface area (Å²) in [4.78, 5) is 23.2. The lowest BCUT2D eigenvalue weighted by atomic mass is 10.1. The Labute approximate surface area is 154 Å². The fourth-order valence-corrected chi connectivity index (χ4v) is 2.24. The van der Waals surface area contributed by atoms with Crippen LogP contribution in [0.1, 0.15) is 11.1 Å². The van der Waals surface area contributed by atoms with Gasteiger partial charge in [0, 0.05) is 12.6 Å². The molecule has 2 rings (SSSR count). The zero-order valence-electron chi connectivity index (χ0n) is 13.7. The van der Waals surface area contributed by atoms with Crippen LogP contribution in [-0.2, 0) is 20.7 Å². The van der Waals surface area contributed by atoms with Crippen LogP contribution < -0.4 is 5.32 Å². The number of ether oxygens (including phenoxy) is 1. The molecule has 2 aromatic rings. The topological polar surface area (TPSA) is 55.4 Å². The van der Waals surface area contributed by atoms with E-state index in [4.69, 9.17) is 16.3 Å². The summed E-state index contributed by atoms with van der Waals surface area (Å²) in [5.74, 6) is -2.11. The molecule has 0 aliphatic heterocycles. The van der Waals surface area contributed by atoms with E-state index in [0.29, 0.717) is 17.5 Å². The third-order valence-corrected chi connectivity index (χ3v) is 3.67. The van der Waals surface area contributed by atoms with E-state index in [-0.39, 0.29) is 17.4 Å². The van der Waals surface area contributed by atoms with Gasteiger partial charge in [0.15, 0.2) is 6.61 Å². The highest BCUT2D eigenvalue weighted by Crippen LogP contribution is 2.16. The van der Waals surface area contributed by atoms with E-state index in [0.717, 1.165) is 6.08 Å². The van der Waals surface area contributed by atoms with E-state index in [2.05, 4.69) is 5.32 Å². The van der Waals surface area contributed by atoms with Gasteiger partial charge in [0.2, 0.25) is 0 Å². The van der Waals surface area contributed by atoms with Gasteiger partial charge in [0.1, 0.15) is 11.6 Å². The first kappa shape index (κ1) is 19.6. The minimum atomic E-state index is -0.727. The minimum absolute atomic E-state index is 0.0604. The molecule has 0 spiro atoms. The second-order valence-corrected chi connectivity index (χ2v) is 5.71. The maximum absolute atomic E-state index is 13.4. The molecule has 0 saturated heterocycles. The molecular formula is C19H16ClF2NO3. The van der Waals surface area contributed by atoms with Crippen LogP contribution in [0.15, 0.2) is 48.5 Å². The van der Waals surface area contributed by atoms with Gasteiger partial charge in [-0.1, -0.05) is 35.9 Å². The van der Waals surface area contributed by atoms with Crippen molar-refractivity contribution in [2.24, 2.45) is 0 Å². The molecule has 26 heavy (non-hydrogen) atoms. The molecule has 0 aliphatic rings. The Morgan fingerprint density at radius 2 is 1.88 bits per heavy atom. The standard InChI is InChI=1S/C19H16ClF2NO3/c20-15-11-13(5-7-17(15)22)6-8-19(25)26-12-18(24)23-10-9-14-3-1-2-4-16(14)21/h1-8,11H,9-10,12H2,(H,23,24)/b8-6+. The molecule has 1 N–H and O–H groups in total. The fraction of sp³-hybridized carbons (Fsp3) is 0.158. The summed E-state index contributed by atoms with van der Waals surface area (Å²) in [6.07, 6.45) is 2.83. The molecule has 0 saturated carbocycles. The summed E-state index contributed by atoms with van der Waals surface area (Å²) in [5, 5.41) is 2.47. The predicted octanol–water partition coefficient (Wildman–Crippen LogP) is 3.53. The van der Waals surface area contributed by atoms with Crippen LogP contribution in [0.5, 0.6) is 0 Å². The summed E-state index contributed by atoms with van der Waals surface area (Å²) < 4.78 is 31.2. The van der Waals surface area contributed by atoms with Gasteiger partial charge >= 0.3 is 5.97 Å². The Hall–Kier alpha value is -2.73. The van der Waals surface area contributed by atoms with E-state index < -0.39 is 24.3 Å². The Kier molecular flexibility index (Phi) is 7.29. The summed E-state index contributed by atoms with van der Waals surface area (Å²) >= 11 is 5.63. The molecule has 0 atom stereocenters. The number of hydrogen-bond donors (Lipinski definition) is 1. The van der Waals surface area contributed by atoms with Crippen molar-refractivity contribution < 1.29 is 23.1 Å². The summed E-state index contributed by atoms with van der Waals surface area (Å²) in [6, 6.07) is 10.3. The van der Waals surface area contributed by atoms with Crippen molar-refractivity contribution in [2.75, 3.05) is 13.2 Å². The second kappa shape index (κ2) is 9.68. The Balaban J connectivity index is 1.71. The number of nitrogens with one attached hydrogen (secondary N) is 1. The van der Waals surface area contributed by atoms with Crippen molar-refractivity contribution in [3.8, 4) is 0 Å². The molecule has 1 amide bonds. The van der Waals surface area contributed by atoms with Crippen LogP contribution in [0.25, 0.3) is 6.08 Å². The van der Waals surface area contributed by atoms with Crippen LogP contribution in [-0.4, -0.2) is 25.0 Å². The molecule has 0 fully saturated rings. The zero-order valence-corrected chi connectivity index (χ0v) is 14.4. The number of halogens is 3. The second-order valence-electron chi connectivity index (χ2n) is 5.31. The Morgan fingerprint density at radius 3 is 2.62 bits per heavy atom. The van der Waals surface area contributed by atoms with Gasteiger partial charge in [-0.05, 0) is 41.8 Å². The van der Waals surface area contributed by atoms with Crippen molar-refractivity contribution in [3.63, 3.8) is 0 Å². The van der Waals surface area contributed by atoms with Gasteiger partial charge in [-0.25, -0.2) is 13.6 Å². The van der Waals surface area contributed by atoms with Gasteiger partial charge in [-0.15, -0.1) is 0 Å². The van der Waals surface area contributed by atoms with Crippen molar-refractivity contribution in [1.29, 1.82) is 0 Å². The number of amides is 1. The lowest BCUT2D eigenvalue weighted by molar-refractivity contribution is -0.143. The highest BCUT2D eigenvalue weighted by atomic mass is 35.5. The minimum Gasteiger partial charge on any atom is -0.452 e. The van der Waals surface area contributed by atoms with Crippen LogP contribution in [0.4, 0.5) is 8.78 Å². The molecule has 7 heteroatoms. The third kappa shape index (κ3) is 6.29. The van der Waals surface area contributed by atoms with E-state index >= 15 is 0 Å². The molecular weight excluding hydrogens is 364 g/mol. The van der Waals surface area contributed by atoms with Crippen molar-refractivity contribution in [1.82, 2.24) is 5.32 Å². The summed E-state index contributed by atoms with van der Waals surface area (Å²) in [7, 11) is 0. The number of benzene rings is 2. The molecule has 0 aliphatic carbocycles. The van der Waals surface area contributed by atoms with E-state index in [1.807, 2.05) is 0 Å². The van der Waals surface area contributed by atoms with Gasteiger partial charge in [0.05, 0.1) is 5.02 Å². The molecule has 0 unspecified atom stereocenters. The summed E-state index contributed by atoms with van der Waals surface area (Å²) in [5.41, 5.74) is 1.01. The van der Waals surface area contributed by atoms with Crippen LogP contribution >= 0.6 is 11.6 Å². The SMILES string of the molecule is O=C(COC(=O)/C=C/c1ccc(F)c(Cl)c1)NCCc1ccccc1F. The molecule has 0 aromatic heterocycles. The number of hydrogen-bond acceptors (Lipinski definition) is 3. The molecule has 136 valence electrons. The zero-order chi connectivity index (χ0) is 18.9. The normalized spacial score (nSPS) is 10.7. The first-order chi connectivity index (χ1) is 12.5. The maximum Gasteiger partial charge on any atom is 0.331 e. The van der Waals surface area contributed by atoms with E-state index in [9.17, 15) is 18.4 Å². The van der Waals surface area contributed by atoms with Crippen LogP contribution in [0, 0.1) is 11.6 Å². The van der Waals surface area contributed by atoms with Crippen molar-refractivity contribution in [3.05, 3.63) is 76.3 Å². The first-order valence-electron chi connectivity index (χ1n) is 7.75. The number of carbonyl (C=O) groups excluding carboxylic acids is 2. The highest BCUT2D eigenvalue weighted by Gasteiger charge is 2.06. The number of esters is 1. The smallest absolute Gasteiger partial charge is 0.331 e. The van der Waals surface area contributed by atoms with Crippen LogP contribution in [0.3, 0.4) is 0 Å². The Bertz CT molecular complexity index is 824. The van der Waals surface area contributed by atoms with E-state index in [1.54, 1.807) is 18.2 Å².